The van der Waals surface area contributed by atoms with Crippen molar-refractivity contribution in [3.05, 3.63) is 65.9 Å². The molecule has 128 valence electrons. The van der Waals surface area contributed by atoms with Crippen LogP contribution in [0.15, 0.2) is 59.0 Å². The van der Waals surface area contributed by atoms with Crippen molar-refractivity contribution >= 4 is 39.9 Å². The number of furan rings is 1. The van der Waals surface area contributed by atoms with Crippen LogP contribution in [-0.2, 0) is 6.42 Å². The summed E-state index contributed by atoms with van der Waals surface area (Å²) >= 11 is 5.21. The Balaban J connectivity index is 1.59. The van der Waals surface area contributed by atoms with Crippen molar-refractivity contribution in [1.29, 1.82) is 0 Å². The smallest absolute Gasteiger partial charge is 0.293 e. The van der Waals surface area contributed by atoms with E-state index in [4.69, 9.17) is 16.6 Å². The Hall–Kier alpha value is -2.66. The van der Waals surface area contributed by atoms with Crippen LogP contribution in [0.1, 0.15) is 35.9 Å². The van der Waals surface area contributed by atoms with Crippen molar-refractivity contribution in [2.45, 2.75) is 26.2 Å². The summed E-state index contributed by atoms with van der Waals surface area (Å²) in [6, 6.07) is 17.3. The van der Waals surface area contributed by atoms with Crippen LogP contribution >= 0.6 is 12.2 Å². The van der Waals surface area contributed by atoms with E-state index in [1.807, 2.05) is 36.4 Å². The fraction of sp³-hybridized carbons (Fsp3) is 0.200. The Morgan fingerprint density at radius 2 is 1.88 bits per heavy atom. The molecule has 2 N–H and O–H groups in total. The highest BCUT2D eigenvalue weighted by Crippen LogP contribution is 2.18. The molecule has 0 atom stereocenters. The Morgan fingerprint density at radius 1 is 1.12 bits per heavy atom. The summed E-state index contributed by atoms with van der Waals surface area (Å²) < 4.78 is 5.53. The molecule has 1 aromatic heterocycles. The van der Waals surface area contributed by atoms with E-state index in [1.54, 1.807) is 6.07 Å². The lowest BCUT2D eigenvalue weighted by atomic mass is 10.1. The van der Waals surface area contributed by atoms with Crippen molar-refractivity contribution in [1.82, 2.24) is 5.32 Å². The number of anilines is 1. The number of aryl methyl sites for hydroxylation is 1. The number of hydrogen-bond donors (Lipinski definition) is 2. The second-order valence-corrected chi connectivity index (χ2v) is 6.27. The van der Waals surface area contributed by atoms with Crippen LogP contribution < -0.4 is 10.6 Å². The van der Waals surface area contributed by atoms with Gasteiger partial charge in [0.25, 0.3) is 5.91 Å². The highest BCUT2D eigenvalue weighted by atomic mass is 32.1. The number of carbonyl (C=O) groups excluding carboxylic acids is 1. The van der Waals surface area contributed by atoms with Crippen LogP contribution in [-0.4, -0.2) is 11.0 Å². The minimum Gasteiger partial charge on any atom is -0.451 e. The SMILES string of the molecule is CCCCc1ccc(NC(=S)NC(=O)c2cc3ccccc3o2)cc1. The van der Waals surface area contributed by atoms with Gasteiger partial charge < -0.3 is 9.73 Å². The van der Waals surface area contributed by atoms with Crippen molar-refractivity contribution < 1.29 is 9.21 Å². The molecule has 0 bridgehead atoms. The first kappa shape index (κ1) is 17.2. The molecule has 0 saturated heterocycles. The van der Waals surface area contributed by atoms with Gasteiger partial charge in [0, 0.05) is 11.1 Å². The lowest BCUT2D eigenvalue weighted by molar-refractivity contribution is 0.0953. The lowest BCUT2D eigenvalue weighted by Crippen LogP contribution is -2.33. The molecule has 0 aliphatic rings. The molecule has 25 heavy (non-hydrogen) atoms. The van der Waals surface area contributed by atoms with E-state index in [1.165, 1.54) is 18.4 Å². The maximum atomic E-state index is 12.3. The molecule has 4 nitrogen and oxygen atoms in total. The second kappa shape index (κ2) is 7.94. The van der Waals surface area contributed by atoms with Crippen LogP contribution in [0.25, 0.3) is 11.0 Å². The number of rotatable bonds is 5. The highest BCUT2D eigenvalue weighted by Gasteiger charge is 2.13. The van der Waals surface area contributed by atoms with Crippen LogP contribution in [0.4, 0.5) is 5.69 Å². The van der Waals surface area contributed by atoms with Gasteiger partial charge in [-0.3, -0.25) is 10.1 Å². The monoisotopic (exact) mass is 352 g/mol. The molecule has 0 unspecified atom stereocenters. The van der Waals surface area contributed by atoms with Gasteiger partial charge in [0.15, 0.2) is 10.9 Å². The number of hydrogen-bond acceptors (Lipinski definition) is 3. The fourth-order valence-electron chi connectivity index (χ4n) is 2.56. The number of carbonyl (C=O) groups is 1. The van der Waals surface area contributed by atoms with E-state index in [0.717, 1.165) is 17.5 Å². The van der Waals surface area contributed by atoms with Crippen molar-refractivity contribution in [2.24, 2.45) is 0 Å². The van der Waals surface area contributed by atoms with Crippen molar-refractivity contribution in [2.75, 3.05) is 5.32 Å². The number of nitrogens with one attached hydrogen (secondary N) is 2. The number of fused-ring (bicyclic) bond motifs is 1. The zero-order valence-corrected chi connectivity index (χ0v) is 14.9. The number of benzene rings is 2. The fourth-order valence-corrected chi connectivity index (χ4v) is 2.77. The van der Waals surface area contributed by atoms with Crippen LogP contribution in [0.5, 0.6) is 0 Å². The van der Waals surface area contributed by atoms with Gasteiger partial charge in [-0.05, 0) is 54.9 Å². The first-order valence-electron chi connectivity index (χ1n) is 8.35. The quantitative estimate of drug-likeness (QED) is 0.641. The van der Waals surface area contributed by atoms with E-state index in [2.05, 4.69) is 29.7 Å². The number of para-hydroxylation sites is 1. The normalized spacial score (nSPS) is 10.6. The second-order valence-electron chi connectivity index (χ2n) is 5.86. The molecule has 3 aromatic rings. The molecule has 3 rings (SSSR count). The summed E-state index contributed by atoms with van der Waals surface area (Å²) in [6.45, 7) is 2.18. The lowest BCUT2D eigenvalue weighted by Gasteiger charge is -2.09. The minimum atomic E-state index is -0.367. The average Bonchev–Trinajstić information content (AvgIpc) is 3.05. The van der Waals surface area contributed by atoms with E-state index in [-0.39, 0.29) is 16.8 Å². The Morgan fingerprint density at radius 3 is 2.60 bits per heavy atom. The molecule has 2 aromatic carbocycles. The Kier molecular flexibility index (Phi) is 5.46. The summed E-state index contributed by atoms with van der Waals surface area (Å²) in [7, 11) is 0. The molecule has 5 heteroatoms. The van der Waals surface area contributed by atoms with Gasteiger partial charge in [-0.2, -0.15) is 0 Å². The van der Waals surface area contributed by atoms with Gasteiger partial charge in [-0.25, -0.2) is 0 Å². The average molecular weight is 352 g/mol. The highest BCUT2D eigenvalue weighted by molar-refractivity contribution is 7.80. The van der Waals surface area contributed by atoms with E-state index in [0.29, 0.717) is 5.58 Å². The van der Waals surface area contributed by atoms with E-state index in [9.17, 15) is 4.79 Å². The predicted molar refractivity (Wildman–Crippen MR) is 105 cm³/mol. The summed E-state index contributed by atoms with van der Waals surface area (Å²) in [5.41, 5.74) is 2.81. The maximum Gasteiger partial charge on any atom is 0.293 e. The maximum absolute atomic E-state index is 12.3. The third kappa shape index (κ3) is 4.45. The van der Waals surface area contributed by atoms with Crippen LogP contribution in [0.3, 0.4) is 0 Å². The van der Waals surface area contributed by atoms with Crippen molar-refractivity contribution in [3.8, 4) is 0 Å². The molecule has 0 fully saturated rings. The predicted octanol–water partition coefficient (Wildman–Crippen LogP) is 4.90. The molecule has 1 amide bonds. The first-order valence-corrected chi connectivity index (χ1v) is 8.76. The topological polar surface area (TPSA) is 54.3 Å². The third-order valence-corrected chi connectivity index (χ3v) is 4.11. The summed E-state index contributed by atoms with van der Waals surface area (Å²) in [5, 5.41) is 6.79. The standard InChI is InChI=1S/C20H20N2O2S/c1-2-3-6-14-9-11-16(12-10-14)21-20(25)22-19(23)18-13-15-7-4-5-8-17(15)24-18/h4-5,7-13H,2-3,6H2,1H3,(H2,21,22,23,25). The first-order chi connectivity index (χ1) is 12.2. The third-order valence-electron chi connectivity index (χ3n) is 3.91. The van der Waals surface area contributed by atoms with Gasteiger partial charge in [0.2, 0.25) is 0 Å². The number of thiocarbonyl (C=S) groups is 1. The molecule has 0 saturated carbocycles. The Labute approximate surface area is 152 Å². The Bertz CT molecular complexity index is 851. The van der Waals surface area contributed by atoms with Gasteiger partial charge in [-0.15, -0.1) is 0 Å². The summed E-state index contributed by atoms with van der Waals surface area (Å²) in [6.07, 6.45) is 3.43. The summed E-state index contributed by atoms with van der Waals surface area (Å²) in [4.78, 5) is 12.3. The molecule has 0 aliphatic heterocycles. The zero-order valence-electron chi connectivity index (χ0n) is 14.0. The molecular formula is C20H20N2O2S. The molecule has 1 heterocycles. The van der Waals surface area contributed by atoms with Gasteiger partial charge in [-0.1, -0.05) is 43.7 Å². The largest absolute Gasteiger partial charge is 0.451 e. The van der Waals surface area contributed by atoms with Gasteiger partial charge in [0.05, 0.1) is 0 Å². The van der Waals surface area contributed by atoms with Crippen LogP contribution in [0.2, 0.25) is 0 Å². The summed E-state index contributed by atoms with van der Waals surface area (Å²) in [5.74, 6) is -0.131. The van der Waals surface area contributed by atoms with Crippen molar-refractivity contribution in [3.63, 3.8) is 0 Å². The molecule has 0 spiro atoms. The molecule has 0 aliphatic carbocycles. The van der Waals surface area contributed by atoms with E-state index >= 15 is 0 Å². The minimum absolute atomic E-state index is 0.236. The van der Waals surface area contributed by atoms with Gasteiger partial charge in [0.1, 0.15) is 5.58 Å². The van der Waals surface area contributed by atoms with E-state index < -0.39 is 0 Å². The zero-order chi connectivity index (χ0) is 17.6. The molecule has 0 radical (unpaired) electrons. The van der Waals surface area contributed by atoms with Gasteiger partial charge >= 0.3 is 0 Å². The number of amides is 1. The number of unbranched alkanes of at least 4 members (excludes halogenated alkanes) is 1. The molecular weight excluding hydrogens is 332 g/mol. The van der Waals surface area contributed by atoms with Crippen LogP contribution in [0, 0.1) is 0 Å².